The first-order valence-electron chi connectivity index (χ1n) is 9.86. The molecule has 1 saturated heterocycles. The van der Waals surface area contributed by atoms with Crippen LogP contribution in [0.5, 0.6) is 0 Å². The van der Waals surface area contributed by atoms with Crippen molar-refractivity contribution >= 4 is 50.7 Å². The van der Waals surface area contributed by atoms with E-state index >= 15 is 0 Å². The van der Waals surface area contributed by atoms with Crippen molar-refractivity contribution in [2.45, 2.75) is 31.7 Å². The Morgan fingerprint density at radius 2 is 1.73 bits per heavy atom. The van der Waals surface area contributed by atoms with Crippen molar-refractivity contribution in [1.29, 1.82) is 0 Å². The maximum Gasteiger partial charge on any atom is 0.268 e. The number of benzene rings is 2. The fraction of sp³-hybridized carbons (Fsp3) is 0.273. The Bertz CT molecular complexity index is 991. The summed E-state index contributed by atoms with van der Waals surface area (Å²) in [7, 11) is 0. The summed E-state index contributed by atoms with van der Waals surface area (Å²) in [5.41, 5.74) is 1.67. The molecule has 1 unspecified atom stereocenters. The number of para-hydroxylation sites is 1. The van der Waals surface area contributed by atoms with Crippen LogP contribution in [0, 0.1) is 0 Å². The smallest absolute Gasteiger partial charge is 0.268 e. The van der Waals surface area contributed by atoms with E-state index in [0.717, 1.165) is 16.6 Å². The number of hydrogen-bond acceptors (Lipinski definition) is 4. The van der Waals surface area contributed by atoms with Gasteiger partial charge in [-0.1, -0.05) is 34.1 Å². The van der Waals surface area contributed by atoms with Crippen molar-refractivity contribution in [3.8, 4) is 0 Å². The normalized spacial score (nSPS) is 19.5. The molecule has 0 radical (unpaired) electrons. The number of carbonyl (C=O) groups is 3. The van der Waals surface area contributed by atoms with Crippen molar-refractivity contribution in [3.63, 3.8) is 0 Å². The van der Waals surface area contributed by atoms with Gasteiger partial charge in [-0.05, 0) is 49.2 Å². The topological polar surface area (TPSA) is 82.1 Å². The second-order valence-corrected chi connectivity index (χ2v) is 8.14. The van der Waals surface area contributed by atoms with Gasteiger partial charge in [0.1, 0.15) is 11.8 Å². The number of nitrogens with zero attached hydrogens (tertiary/aromatic N) is 3. The minimum absolute atomic E-state index is 0.135. The largest absolute Gasteiger partial charge is 0.339 e. The third-order valence-corrected chi connectivity index (χ3v) is 5.71. The summed E-state index contributed by atoms with van der Waals surface area (Å²) in [6.07, 6.45) is 1.82. The number of nitrogens with one attached hydrogen (secondary N) is 1. The summed E-state index contributed by atoms with van der Waals surface area (Å²) < 4.78 is 0.938. The van der Waals surface area contributed by atoms with Crippen molar-refractivity contribution < 1.29 is 14.4 Å². The summed E-state index contributed by atoms with van der Waals surface area (Å²) in [6.45, 7) is 0.615. The highest BCUT2D eigenvalue weighted by Crippen LogP contribution is 2.24. The van der Waals surface area contributed by atoms with Crippen LogP contribution in [-0.4, -0.2) is 36.0 Å². The molecule has 0 bridgehead atoms. The van der Waals surface area contributed by atoms with E-state index in [9.17, 15) is 14.4 Å². The number of carbonyl (C=O) groups excluding carboxylic acids is 3. The molecule has 4 rings (SSSR count). The molecule has 1 N–H and O–H groups in total. The van der Waals surface area contributed by atoms with Gasteiger partial charge in [-0.15, -0.1) is 0 Å². The fourth-order valence-electron chi connectivity index (χ4n) is 3.62. The predicted octanol–water partition coefficient (Wildman–Crippen LogP) is 3.24. The molecule has 30 heavy (non-hydrogen) atoms. The summed E-state index contributed by atoms with van der Waals surface area (Å²) in [4.78, 5) is 39.7. The van der Waals surface area contributed by atoms with Crippen molar-refractivity contribution in [2.24, 2.45) is 5.10 Å². The van der Waals surface area contributed by atoms with E-state index < -0.39 is 11.9 Å². The lowest BCUT2D eigenvalue weighted by atomic mass is 10.0. The minimum atomic E-state index is -0.611. The molecule has 2 aromatic rings. The molecule has 0 saturated carbocycles. The molecule has 2 aliphatic rings. The highest BCUT2D eigenvalue weighted by molar-refractivity contribution is 9.10. The Labute approximate surface area is 182 Å². The van der Waals surface area contributed by atoms with Crippen LogP contribution in [0.4, 0.5) is 11.4 Å². The van der Waals surface area contributed by atoms with Gasteiger partial charge >= 0.3 is 0 Å². The number of halogens is 1. The average Bonchev–Trinajstić information content (AvgIpc) is 2.77. The molecular formula is C22H21BrN4O3. The lowest BCUT2D eigenvalue weighted by Gasteiger charge is -2.33. The van der Waals surface area contributed by atoms with E-state index in [-0.39, 0.29) is 30.4 Å². The molecule has 0 spiro atoms. The first kappa shape index (κ1) is 20.3. The van der Waals surface area contributed by atoms with Gasteiger partial charge in [0.05, 0.1) is 5.69 Å². The second-order valence-electron chi connectivity index (χ2n) is 7.22. The monoisotopic (exact) mass is 468 g/mol. The van der Waals surface area contributed by atoms with Crippen LogP contribution in [0.15, 0.2) is 64.2 Å². The average molecular weight is 469 g/mol. The van der Waals surface area contributed by atoms with Crippen molar-refractivity contribution in [1.82, 2.24) is 5.32 Å². The Morgan fingerprint density at radius 3 is 2.47 bits per heavy atom. The summed E-state index contributed by atoms with van der Waals surface area (Å²) >= 11 is 3.40. The molecule has 2 heterocycles. The SMILES string of the molecule is O=C(NC1CCCN(c2ccc(Br)cc2)C1=O)C1=NN(c2ccccc2)C(=O)CC1. The lowest BCUT2D eigenvalue weighted by Crippen LogP contribution is -2.54. The molecule has 2 aliphatic heterocycles. The summed E-state index contributed by atoms with van der Waals surface area (Å²) in [6, 6.07) is 15.9. The van der Waals surface area contributed by atoms with Gasteiger partial charge in [-0.25, -0.2) is 5.01 Å². The first-order chi connectivity index (χ1) is 14.5. The van der Waals surface area contributed by atoms with Crippen LogP contribution in [-0.2, 0) is 14.4 Å². The standard InChI is InChI=1S/C22H21BrN4O3/c23-15-8-10-16(11-9-15)26-14-4-7-19(22(26)30)24-21(29)18-12-13-20(28)27(25-18)17-5-2-1-3-6-17/h1-3,5-6,8-11,19H,4,7,12-14H2,(H,24,29). The van der Waals surface area contributed by atoms with Gasteiger partial charge in [0.25, 0.3) is 5.91 Å². The van der Waals surface area contributed by atoms with E-state index in [0.29, 0.717) is 18.7 Å². The maximum absolute atomic E-state index is 13.0. The zero-order valence-electron chi connectivity index (χ0n) is 16.3. The Morgan fingerprint density at radius 1 is 1.00 bits per heavy atom. The van der Waals surface area contributed by atoms with E-state index in [2.05, 4.69) is 26.3 Å². The van der Waals surface area contributed by atoms with Gasteiger partial charge in [-0.3, -0.25) is 14.4 Å². The zero-order valence-corrected chi connectivity index (χ0v) is 17.8. The Hall–Kier alpha value is -3.00. The number of anilines is 2. The predicted molar refractivity (Wildman–Crippen MR) is 118 cm³/mol. The van der Waals surface area contributed by atoms with Crippen molar-refractivity contribution in [3.05, 3.63) is 59.1 Å². The number of piperidine rings is 1. The molecule has 1 fully saturated rings. The number of amides is 3. The number of rotatable bonds is 4. The summed E-state index contributed by atoms with van der Waals surface area (Å²) in [5.74, 6) is -0.698. The van der Waals surface area contributed by atoms with Crippen LogP contribution in [0.3, 0.4) is 0 Å². The molecule has 2 aromatic carbocycles. The molecule has 0 aromatic heterocycles. The van der Waals surface area contributed by atoms with Crippen LogP contribution < -0.4 is 15.2 Å². The van der Waals surface area contributed by atoms with E-state index in [1.165, 1.54) is 5.01 Å². The fourth-order valence-corrected chi connectivity index (χ4v) is 3.88. The van der Waals surface area contributed by atoms with Crippen molar-refractivity contribution in [2.75, 3.05) is 16.5 Å². The molecule has 7 nitrogen and oxygen atoms in total. The highest BCUT2D eigenvalue weighted by atomic mass is 79.9. The Balaban J connectivity index is 1.48. The van der Waals surface area contributed by atoms with Gasteiger partial charge in [0.2, 0.25) is 11.8 Å². The molecule has 1 atom stereocenters. The van der Waals surface area contributed by atoms with Crippen LogP contribution in [0.25, 0.3) is 0 Å². The zero-order chi connectivity index (χ0) is 21.1. The lowest BCUT2D eigenvalue weighted by molar-refractivity contribution is -0.125. The molecule has 154 valence electrons. The maximum atomic E-state index is 13.0. The minimum Gasteiger partial charge on any atom is -0.339 e. The number of hydrazone groups is 1. The van der Waals surface area contributed by atoms with E-state index in [4.69, 9.17) is 0 Å². The highest BCUT2D eigenvalue weighted by Gasteiger charge is 2.33. The third kappa shape index (κ3) is 4.28. The van der Waals surface area contributed by atoms with E-state index in [1.54, 1.807) is 17.0 Å². The van der Waals surface area contributed by atoms with Gasteiger partial charge in [-0.2, -0.15) is 5.10 Å². The second kappa shape index (κ2) is 8.79. The van der Waals surface area contributed by atoms with Crippen LogP contribution in [0.2, 0.25) is 0 Å². The molecular weight excluding hydrogens is 448 g/mol. The summed E-state index contributed by atoms with van der Waals surface area (Å²) in [5, 5.41) is 8.36. The molecule has 0 aliphatic carbocycles. The van der Waals surface area contributed by atoms with Gasteiger partial charge in [0.15, 0.2) is 0 Å². The van der Waals surface area contributed by atoms with Crippen LogP contribution >= 0.6 is 15.9 Å². The van der Waals surface area contributed by atoms with Gasteiger partial charge in [0, 0.05) is 29.5 Å². The molecule has 3 amide bonds. The van der Waals surface area contributed by atoms with Crippen LogP contribution in [0.1, 0.15) is 25.7 Å². The number of hydrogen-bond donors (Lipinski definition) is 1. The van der Waals surface area contributed by atoms with Gasteiger partial charge < -0.3 is 10.2 Å². The Kier molecular flexibility index (Phi) is 5.94. The first-order valence-corrected chi connectivity index (χ1v) is 10.7. The third-order valence-electron chi connectivity index (χ3n) is 5.18. The van der Waals surface area contributed by atoms with E-state index in [1.807, 2.05) is 42.5 Å². The molecule has 8 heteroatoms. The quantitative estimate of drug-likeness (QED) is 0.747.